The van der Waals surface area contributed by atoms with Crippen LogP contribution in [0.4, 0.5) is 5.82 Å². The fraction of sp³-hybridized carbons (Fsp3) is 0.385. The van der Waals surface area contributed by atoms with Crippen LogP contribution in [-0.2, 0) is 13.1 Å². The molecule has 2 rings (SSSR count). The second-order valence-electron chi connectivity index (χ2n) is 4.33. The predicted molar refractivity (Wildman–Crippen MR) is 75.8 cm³/mol. The molecule has 0 fully saturated rings. The van der Waals surface area contributed by atoms with E-state index in [0.29, 0.717) is 6.54 Å². The Hall–Kier alpha value is -1.46. The molecule has 2 N–H and O–H groups in total. The summed E-state index contributed by atoms with van der Waals surface area (Å²) < 4.78 is 0. The molecule has 0 saturated heterocycles. The van der Waals surface area contributed by atoms with E-state index in [2.05, 4.69) is 20.2 Å². The summed E-state index contributed by atoms with van der Waals surface area (Å²) in [6.07, 6.45) is 0. The molecule has 0 atom stereocenters. The molecule has 18 heavy (non-hydrogen) atoms. The first kappa shape index (κ1) is 13.0. The van der Waals surface area contributed by atoms with Gasteiger partial charge in [-0.05, 0) is 25.5 Å². The topological polar surface area (TPSA) is 55.0 Å². The lowest BCUT2D eigenvalue weighted by atomic mass is 10.2. The van der Waals surface area contributed by atoms with Gasteiger partial charge in [0.2, 0.25) is 0 Å². The van der Waals surface area contributed by atoms with E-state index >= 15 is 0 Å². The van der Waals surface area contributed by atoms with Gasteiger partial charge in [-0.1, -0.05) is 6.07 Å². The number of aromatic nitrogens is 2. The van der Waals surface area contributed by atoms with Crippen molar-refractivity contribution in [1.82, 2.24) is 9.97 Å². The summed E-state index contributed by atoms with van der Waals surface area (Å²) in [4.78, 5) is 11.1. The highest BCUT2D eigenvalue weighted by molar-refractivity contribution is 7.09. The van der Waals surface area contributed by atoms with Gasteiger partial charge in [0.05, 0.1) is 17.2 Å². The number of rotatable bonds is 4. The zero-order valence-corrected chi connectivity index (χ0v) is 11.8. The zero-order valence-electron chi connectivity index (χ0n) is 11.0. The smallest absolute Gasteiger partial charge is 0.128 e. The van der Waals surface area contributed by atoms with Crippen LogP contribution in [0, 0.1) is 13.8 Å². The molecule has 0 unspecified atom stereocenters. The summed E-state index contributed by atoms with van der Waals surface area (Å²) >= 11 is 1.68. The highest BCUT2D eigenvalue weighted by Crippen LogP contribution is 2.16. The molecule has 5 heteroatoms. The molecule has 0 bridgehead atoms. The van der Waals surface area contributed by atoms with Crippen molar-refractivity contribution in [3.8, 4) is 0 Å². The van der Waals surface area contributed by atoms with Gasteiger partial charge in [-0.2, -0.15) is 0 Å². The van der Waals surface area contributed by atoms with E-state index in [-0.39, 0.29) is 0 Å². The summed E-state index contributed by atoms with van der Waals surface area (Å²) in [6.45, 7) is 5.33. The van der Waals surface area contributed by atoms with E-state index in [9.17, 15) is 0 Å². The van der Waals surface area contributed by atoms with Crippen molar-refractivity contribution >= 4 is 17.2 Å². The fourth-order valence-corrected chi connectivity index (χ4v) is 2.41. The van der Waals surface area contributed by atoms with Crippen LogP contribution >= 0.6 is 11.3 Å². The van der Waals surface area contributed by atoms with Gasteiger partial charge in [0.1, 0.15) is 5.82 Å². The summed E-state index contributed by atoms with van der Waals surface area (Å²) in [5.74, 6) is 0.954. The second-order valence-corrected chi connectivity index (χ2v) is 5.39. The molecule has 0 aromatic carbocycles. The quantitative estimate of drug-likeness (QED) is 0.918. The highest BCUT2D eigenvalue weighted by atomic mass is 32.1. The van der Waals surface area contributed by atoms with E-state index in [1.807, 2.05) is 33.0 Å². The summed E-state index contributed by atoms with van der Waals surface area (Å²) in [7, 11) is 2.03. The maximum absolute atomic E-state index is 5.64. The van der Waals surface area contributed by atoms with Crippen molar-refractivity contribution in [3.05, 3.63) is 39.5 Å². The van der Waals surface area contributed by atoms with E-state index < -0.39 is 0 Å². The number of anilines is 1. The normalized spacial score (nSPS) is 10.7. The molecular weight excluding hydrogens is 244 g/mol. The predicted octanol–water partition coefficient (Wildman–Crippen LogP) is 2.25. The maximum atomic E-state index is 5.64. The summed E-state index contributed by atoms with van der Waals surface area (Å²) in [5, 5.41) is 3.19. The Morgan fingerprint density at radius 2 is 2.06 bits per heavy atom. The number of pyridine rings is 1. The molecule has 0 radical (unpaired) electrons. The minimum Gasteiger partial charge on any atom is -0.354 e. The number of aryl methyl sites for hydroxylation is 2. The molecular formula is C13H18N4S. The average molecular weight is 262 g/mol. The van der Waals surface area contributed by atoms with Gasteiger partial charge < -0.3 is 10.6 Å². The van der Waals surface area contributed by atoms with Crippen molar-refractivity contribution in [2.45, 2.75) is 26.9 Å². The molecule has 0 aliphatic rings. The number of thiazole rings is 1. The molecule has 0 aliphatic carbocycles. The third-order valence-electron chi connectivity index (χ3n) is 2.86. The van der Waals surface area contributed by atoms with Crippen LogP contribution in [0.1, 0.15) is 22.0 Å². The van der Waals surface area contributed by atoms with Crippen LogP contribution in [0.3, 0.4) is 0 Å². The molecule has 96 valence electrons. The zero-order chi connectivity index (χ0) is 13.1. The van der Waals surface area contributed by atoms with Crippen LogP contribution in [-0.4, -0.2) is 17.0 Å². The van der Waals surface area contributed by atoms with Crippen molar-refractivity contribution < 1.29 is 0 Å². The van der Waals surface area contributed by atoms with Crippen molar-refractivity contribution in [3.63, 3.8) is 0 Å². The minimum absolute atomic E-state index is 0.536. The van der Waals surface area contributed by atoms with Crippen LogP contribution in [0.5, 0.6) is 0 Å². The van der Waals surface area contributed by atoms with Crippen LogP contribution in [0.25, 0.3) is 0 Å². The number of nitrogens with two attached hydrogens (primary N) is 1. The molecule has 2 aromatic rings. The number of hydrogen-bond donors (Lipinski definition) is 1. The van der Waals surface area contributed by atoms with Crippen LogP contribution in [0.15, 0.2) is 17.5 Å². The van der Waals surface area contributed by atoms with Crippen molar-refractivity contribution in [2.24, 2.45) is 5.73 Å². The molecule has 2 heterocycles. The Morgan fingerprint density at radius 1 is 1.28 bits per heavy atom. The minimum atomic E-state index is 0.536. The molecule has 0 saturated carbocycles. The lowest BCUT2D eigenvalue weighted by molar-refractivity contribution is 0.860. The molecule has 4 nitrogen and oxygen atoms in total. The fourth-order valence-electron chi connectivity index (χ4n) is 1.81. The van der Waals surface area contributed by atoms with Gasteiger partial charge in [-0.25, -0.2) is 9.97 Å². The lowest BCUT2D eigenvalue weighted by Gasteiger charge is -2.18. The van der Waals surface area contributed by atoms with Gasteiger partial charge in [0, 0.05) is 24.7 Å². The van der Waals surface area contributed by atoms with E-state index in [1.54, 1.807) is 11.3 Å². The standard InChI is InChI=1S/C13H18N4S/c1-9-11(6-14)4-5-13(15-9)17(3)7-12-8-18-10(2)16-12/h4-5,8H,6-7,14H2,1-3H3. The Kier molecular flexibility index (Phi) is 3.93. The van der Waals surface area contributed by atoms with E-state index in [1.165, 1.54) is 0 Å². The Labute approximate surface area is 111 Å². The third-order valence-corrected chi connectivity index (χ3v) is 3.68. The van der Waals surface area contributed by atoms with Gasteiger partial charge in [0.15, 0.2) is 0 Å². The molecule has 0 spiro atoms. The Balaban J connectivity index is 2.13. The maximum Gasteiger partial charge on any atom is 0.128 e. The van der Waals surface area contributed by atoms with E-state index in [4.69, 9.17) is 5.73 Å². The average Bonchev–Trinajstić information content (AvgIpc) is 2.74. The summed E-state index contributed by atoms with van der Waals surface area (Å²) in [5.41, 5.74) is 8.82. The van der Waals surface area contributed by atoms with Gasteiger partial charge in [-0.3, -0.25) is 0 Å². The highest BCUT2D eigenvalue weighted by Gasteiger charge is 2.07. The SMILES string of the molecule is Cc1nc(CN(C)c2ccc(CN)c(C)n2)cs1. The largest absolute Gasteiger partial charge is 0.354 e. The third kappa shape index (κ3) is 2.86. The van der Waals surface area contributed by atoms with Gasteiger partial charge in [-0.15, -0.1) is 11.3 Å². The lowest BCUT2D eigenvalue weighted by Crippen LogP contribution is -2.18. The first-order valence-corrected chi connectivity index (χ1v) is 6.77. The monoisotopic (exact) mass is 262 g/mol. The van der Waals surface area contributed by atoms with Gasteiger partial charge >= 0.3 is 0 Å². The first-order chi connectivity index (χ1) is 8.60. The number of hydrogen-bond acceptors (Lipinski definition) is 5. The molecule has 0 amide bonds. The first-order valence-electron chi connectivity index (χ1n) is 5.89. The van der Waals surface area contributed by atoms with Gasteiger partial charge in [0.25, 0.3) is 0 Å². The molecule has 2 aromatic heterocycles. The Morgan fingerprint density at radius 3 is 2.61 bits per heavy atom. The number of nitrogens with zero attached hydrogens (tertiary/aromatic N) is 3. The molecule has 0 aliphatic heterocycles. The summed E-state index contributed by atoms with van der Waals surface area (Å²) in [6, 6.07) is 4.05. The van der Waals surface area contributed by atoms with Crippen LogP contribution in [0.2, 0.25) is 0 Å². The second kappa shape index (κ2) is 5.46. The van der Waals surface area contributed by atoms with Crippen molar-refractivity contribution in [2.75, 3.05) is 11.9 Å². The Bertz CT molecular complexity index is 536. The van der Waals surface area contributed by atoms with Crippen LogP contribution < -0.4 is 10.6 Å². The van der Waals surface area contributed by atoms with Crippen molar-refractivity contribution in [1.29, 1.82) is 0 Å². The van der Waals surface area contributed by atoms with E-state index in [0.717, 1.165) is 34.3 Å².